The molecule has 0 aromatic carbocycles. The van der Waals surface area contributed by atoms with Crippen molar-refractivity contribution < 1.29 is 5.11 Å². The summed E-state index contributed by atoms with van der Waals surface area (Å²) >= 11 is 1.63. The van der Waals surface area contributed by atoms with Gasteiger partial charge in [0.05, 0.1) is 12.4 Å². The number of imidazole rings is 1. The molecule has 0 spiro atoms. The second-order valence-electron chi connectivity index (χ2n) is 4.29. The summed E-state index contributed by atoms with van der Waals surface area (Å²) in [6.45, 7) is 0. The van der Waals surface area contributed by atoms with Crippen molar-refractivity contribution in [2.45, 2.75) is 42.1 Å². The minimum Gasteiger partial charge on any atom is -0.392 e. The summed E-state index contributed by atoms with van der Waals surface area (Å²) in [5.41, 5.74) is 1.56. The van der Waals surface area contributed by atoms with Gasteiger partial charge in [-0.15, -0.1) is 0 Å². The van der Waals surface area contributed by atoms with Gasteiger partial charge in [-0.2, -0.15) is 0 Å². The van der Waals surface area contributed by atoms with Gasteiger partial charge in [0.2, 0.25) is 0 Å². The Labute approximate surface area is 103 Å². The molecule has 0 radical (unpaired) electrons. The molecule has 0 amide bonds. The molecule has 90 valence electrons. The quantitative estimate of drug-likeness (QED) is 0.794. The molecule has 5 nitrogen and oxygen atoms in total. The third kappa shape index (κ3) is 2.14. The summed E-state index contributed by atoms with van der Waals surface area (Å²) in [7, 11) is 0. The smallest absolute Gasteiger partial charge is 0.181 e. The molecule has 2 atom stereocenters. The Morgan fingerprint density at radius 3 is 3.00 bits per heavy atom. The number of fused-ring (bicyclic) bond motifs is 1. The van der Waals surface area contributed by atoms with Crippen molar-refractivity contribution in [1.82, 2.24) is 19.9 Å². The van der Waals surface area contributed by atoms with E-state index >= 15 is 0 Å². The molecular weight excluding hydrogens is 236 g/mol. The monoisotopic (exact) mass is 250 g/mol. The van der Waals surface area contributed by atoms with Gasteiger partial charge in [0.15, 0.2) is 5.65 Å². The van der Waals surface area contributed by atoms with Crippen LogP contribution in [0.1, 0.15) is 25.7 Å². The molecule has 6 heteroatoms. The van der Waals surface area contributed by atoms with Crippen LogP contribution in [0.4, 0.5) is 0 Å². The van der Waals surface area contributed by atoms with E-state index < -0.39 is 0 Å². The van der Waals surface area contributed by atoms with Crippen LogP contribution in [0, 0.1) is 0 Å². The number of hydrogen-bond acceptors (Lipinski definition) is 5. The van der Waals surface area contributed by atoms with Crippen LogP contribution < -0.4 is 0 Å². The highest BCUT2D eigenvalue weighted by molar-refractivity contribution is 8.00. The average molecular weight is 250 g/mol. The lowest BCUT2D eigenvalue weighted by atomic mass is 9.97. The molecule has 0 bridgehead atoms. The lowest BCUT2D eigenvalue weighted by molar-refractivity contribution is 0.137. The number of aromatic nitrogens is 4. The van der Waals surface area contributed by atoms with Crippen LogP contribution in [-0.2, 0) is 0 Å². The van der Waals surface area contributed by atoms with E-state index in [0.717, 1.165) is 29.8 Å². The second kappa shape index (κ2) is 4.62. The van der Waals surface area contributed by atoms with Crippen LogP contribution in [-0.4, -0.2) is 36.4 Å². The SMILES string of the molecule is O[C@H]1CCCC[C@@H]1Sc1ncnc2nc[nH]c12. The topological polar surface area (TPSA) is 74.7 Å². The third-order valence-electron chi connectivity index (χ3n) is 3.12. The molecule has 1 fully saturated rings. The van der Waals surface area contributed by atoms with Crippen molar-refractivity contribution in [3.05, 3.63) is 12.7 Å². The van der Waals surface area contributed by atoms with E-state index in [-0.39, 0.29) is 11.4 Å². The van der Waals surface area contributed by atoms with Crippen LogP contribution in [0.3, 0.4) is 0 Å². The van der Waals surface area contributed by atoms with Crippen LogP contribution >= 0.6 is 11.8 Å². The third-order valence-corrected chi connectivity index (χ3v) is 4.50. The Hall–Kier alpha value is -1.14. The number of nitrogens with zero attached hydrogens (tertiary/aromatic N) is 3. The first-order valence-corrected chi connectivity index (χ1v) is 6.71. The molecule has 0 aliphatic heterocycles. The molecule has 2 aromatic heterocycles. The summed E-state index contributed by atoms with van der Waals surface area (Å²) in [5, 5.41) is 11.1. The van der Waals surface area contributed by atoms with Gasteiger partial charge in [-0.05, 0) is 12.8 Å². The summed E-state index contributed by atoms with van der Waals surface area (Å²) in [4.78, 5) is 15.5. The van der Waals surface area contributed by atoms with Crippen molar-refractivity contribution in [2.24, 2.45) is 0 Å². The van der Waals surface area contributed by atoms with Crippen LogP contribution in [0.15, 0.2) is 17.7 Å². The number of aliphatic hydroxyl groups is 1. The summed E-state index contributed by atoms with van der Waals surface area (Å²) in [6, 6.07) is 0. The minimum absolute atomic E-state index is 0.221. The zero-order chi connectivity index (χ0) is 11.7. The highest BCUT2D eigenvalue weighted by Gasteiger charge is 2.25. The fraction of sp³-hybridized carbons (Fsp3) is 0.545. The summed E-state index contributed by atoms with van der Waals surface area (Å²) in [5.74, 6) is 0. The maximum Gasteiger partial charge on any atom is 0.181 e. The zero-order valence-corrected chi connectivity index (χ0v) is 10.2. The normalized spacial score (nSPS) is 25.2. The van der Waals surface area contributed by atoms with E-state index in [4.69, 9.17) is 0 Å². The standard InChI is InChI=1S/C11H14N4OS/c16-7-3-1-2-4-8(7)17-11-9-10(13-5-12-9)14-6-15-11/h5-8,16H,1-4H2,(H,12,13,14,15)/t7-,8-/m0/s1. The Bertz CT molecular complexity index is 515. The molecule has 3 rings (SSSR count). The fourth-order valence-electron chi connectivity index (χ4n) is 2.19. The molecule has 0 saturated heterocycles. The van der Waals surface area contributed by atoms with E-state index in [2.05, 4.69) is 19.9 Å². The molecule has 1 saturated carbocycles. The molecule has 2 heterocycles. The number of thioether (sulfide) groups is 1. The first-order valence-electron chi connectivity index (χ1n) is 5.83. The highest BCUT2D eigenvalue weighted by Crippen LogP contribution is 2.34. The number of nitrogens with one attached hydrogen (secondary N) is 1. The summed E-state index contributed by atoms with van der Waals surface area (Å²) in [6.07, 6.45) is 7.19. The first-order chi connectivity index (χ1) is 8.34. The Morgan fingerprint density at radius 2 is 2.12 bits per heavy atom. The van der Waals surface area contributed by atoms with Crippen molar-refractivity contribution in [3.63, 3.8) is 0 Å². The molecule has 1 aliphatic carbocycles. The van der Waals surface area contributed by atoms with Crippen molar-refractivity contribution in [2.75, 3.05) is 0 Å². The van der Waals surface area contributed by atoms with E-state index in [9.17, 15) is 5.11 Å². The van der Waals surface area contributed by atoms with Crippen molar-refractivity contribution in [3.8, 4) is 0 Å². The van der Waals surface area contributed by atoms with Gasteiger partial charge < -0.3 is 10.1 Å². The molecule has 1 aliphatic rings. The molecule has 0 unspecified atom stereocenters. The number of aliphatic hydroxyl groups excluding tert-OH is 1. The van der Waals surface area contributed by atoms with Gasteiger partial charge in [-0.3, -0.25) is 0 Å². The van der Waals surface area contributed by atoms with Gasteiger partial charge in [-0.25, -0.2) is 15.0 Å². The number of H-pyrrole nitrogens is 1. The maximum absolute atomic E-state index is 9.96. The predicted octanol–water partition coefficient (Wildman–Crippen LogP) is 1.75. The minimum atomic E-state index is -0.221. The number of hydrogen-bond donors (Lipinski definition) is 2. The predicted molar refractivity (Wildman–Crippen MR) is 65.8 cm³/mol. The van der Waals surface area contributed by atoms with Crippen LogP contribution in [0.5, 0.6) is 0 Å². The number of rotatable bonds is 2. The molecule has 17 heavy (non-hydrogen) atoms. The largest absolute Gasteiger partial charge is 0.392 e. The fourth-order valence-corrected chi connectivity index (χ4v) is 3.43. The van der Waals surface area contributed by atoms with Gasteiger partial charge in [-0.1, -0.05) is 24.6 Å². The maximum atomic E-state index is 9.96. The zero-order valence-electron chi connectivity index (χ0n) is 9.33. The van der Waals surface area contributed by atoms with Gasteiger partial charge in [0, 0.05) is 5.25 Å². The van der Waals surface area contributed by atoms with E-state index in [1.54, 1.807) is 18.1 Å². The molecular formula is C11H14N4OS. The van der Waals surface area contributed by atoms with E-state index in [0.29, 0.717) is 5.65 Å². The van der Waals surface area contributed by atoms with Gasteiger partial charge in [0.25, 0.3) is 0 Å². The van der Waals surface area contributed by atoms with Crippen LogP contribution in [0.25, 0.3) is 11.2 Å². The van der Waals surface area contributed by atoms with Crippen LogP contribution in [0.2, 0.25) is 0 Å². The average Bonchev–Trinajstić information content (AvgIpc) is 2.81. The van der Waals surface area contributed by atoms with Crippen molar-refractivity contribution >= 4 is 22.9 Å². The highest BCUT2D eigenvalue weighted by atomic mass is 32.2. The van der Waals surface area contributed by atoms with Crippen molar-refractivity contribution in [1.29, 1.82) is 0 Å². The van der Waals surface area contributed by atoms with Gasteiger partial charge >= 0.3 is 0 Å². The lowest BCUT2D eigenvalue weighted by Crippen LogP contribution is -2.26. The molecule has 2 aromatic rings. The summed E-state index contributed by atoms with van der Waals surface area (Å²) < 4.78 is 0. The lowest BCUT2D eigenvalue weighted by Gasteiger charge is -2.26. The number of aromatic amines is 1. The first kappa shape index (κ1) is 11.0. The van der Waals surface area contributed by atoms with E-state index in [1.807, 2.05) is 0 Å². The van der Waals surface area contributed by atoms with Gasteiger partial charge in [0.1, 0.15) is 16.9 Å². The Morgan fingerprint density at radius 1 is 1.24 bits per heavy atom. The Balaban J connectivity index is 1.86. The molecule has 2 N–H and O–H groups in total. The van der Waals surface area contributed by atoms with E-state index in [1.165, 1.54) is 12.7 Å². The second-order valence-corrected chi connectivity index (χ2v) is 5.52. The Kier molecular flexibility index (Phi) is 2.98.